The Hall–Kier alpha value is -2.17. The lowest BCUT2D eigenvalue weighted by Gasteiger charge is -2.25. The molecule has 2 aromatic rings. The van der Waals surface area contributed by atoms with Gasteiger partial charge in [-0.2, -0.15) is 5.10 Å². The Bertz CT molecular complexity index is 792. The van der Waals surface area contributed by atoms with Crippen molar-refractivity contribution < 1.29 is 9.18 Å². The predicted molar refractivity (Wildman–Crippen MR) is 88.2 cm³/mol. The first-order chi connectivity index (χ1) is 10.7. The van der Waals surface area contributed by atoms with Crippen molar-refractivity contribution >= 4 is 11.6 Å². The summed E-state index contributed by atoms with van der Waals surface area (Å²) in [5.41, 5.74) is 3.33. The van der Waals surface area contributed by atoms with Gasteiger partial charge in [0.1, 0.15) is 5.82 Å². The Morgan fingerprint density at radius 1 is 1.43 bits per heavy atom. The highest BCUT2D eigenvalue weighted by Gasteiger charge is 2.40. The number of aromatic nitrogens is 2. The van der Waals surface area contributed by atoms with Crippen LogP contribution in [0, 0.1) is 18.7 Å². The summed E-state index contributed by atoms with van der Waals surface area (Å²) in [6, 6.07) is 3.11. The normalized spacial score (nSPS) is 18.8. The van der Waals surface area contributed by atoms with E-state index in [0.717, 1.165) is 17.5 Å². The molecule has 0 spiro atoms. The van der Waals surface area contributed by atoms with Crippen molar-refractivity contribution in [1.29, 1.82) is 0 Å². The van der Waals surface area contributed by atoms with E-state index in [2.05, 4.69) is 31.2 Å². The van der Waals surface area contributed by atoms with Gasteiger partial charge in [0.25, 0.3) is 5.91 Å². The third-order valence-corrected chi connectivity index (χ3v) is 5.15. The van der Waals surface area contributed by atoms with Crippen LogP contribution >= 0.6 is 0 Å². The zero-order valence-electron chi connectivity index (χ0n) is 14.2. The molecule has 0 saturated carbocycles. The van der Waals surface area contributed by atoms with Crippen molar-refractivity contribution in [3.05, 3.63) is 46.5 Å². The molecule has 1 N–H and O–H groups in total. The lowest BCUT2D eigenvalue weighted by molar-refractivity contribution is 0.102. The number of carbonyl (C=O) groups is 1. The molecule has 0 radical (unpaired) electrons. The van der Waals surface area contributed by atoms with Crippen LogP contribution in [0.5, 0.6) is 0 Å². The van der Waals surface area contributed by atoms with Crippen molar-refractivity contribution in [2.45, 2.75) is 39.5 Å². The van der Waals surface area contributed by atoms with Crippen LogP contribution in [0.15, 0.2) is 18.3 Å². The molecule has 0 fully saturated rings. The highest BCUT2D eigenvalue weighted by atomic mass is 19.1. The van der Waals surface area contributed by atoms with Gasteiger partial charge < -0.3 is 5.32 Å². The van der Waals surface area contributed by atoms with E-state index in [-0.39, 0.29) is 17.1 Å². The highest BCUT2D eigenvalue weighted by molar-refractivity contribution is 6.05. The average Bonchev–Trinajstić information content (AvgIpc) is 2.91. The zero-order chi connectivity index (χ0) is 16.9. The SMILES string of the molecule is Cc1nn(C)cc1C(=O)Nc1ccc(F)c2c1CC(C)C2(C)C. The maximum atomic E-state index is 14.3. The second-order valence-corrected chi connectivity index (χ2v) is 7.03. The molecule has 0 aliphatic heterocycles. The number of nitrogens with zero attached hydrogens (tertiary/aromatic N) is 2. The molecule has 1 aromatic carbocycles. The van der Waals surface area contributed by atoms with Crippen molar-refractivity contribution in [2.75, 3.05) is 5.32 Å². The topological polar surface area (TPSA) is 46.9 Å². The summed E-state index contributed by atoms with van der Waals surface area (Å²) in [6.45, 7) is 8.04. The van der Waals surface area contributed by atoms with Crippen LogP contribution in [0.4, 0.5) is 10.1 Å². The van der Waals surface area contributed by atoms with E-state index in [4.69, 9.17) is 0 Å². The molecular weight excluding hydrogens is 293 g/mol. The minimum Gasteiger partial charge on any atom is -0.322 e. The summed E-state index contributed by atoms with van der Waals surface area (Å²) in [7, 11) is 1.78. The van der Waals surface area contributed by atoms with Crippen LogP contribution in [0.3, 0.4) is 0 Å². The van der Waals surface area contributed by atoms with Gasteiger partial charge >= 0.3 is 0 Å². The molecule has 23 heavy (non-hydrogen) atoms. The minimum atomic E-state index is -0.232. The molecule has 1 aromatic heterocycles. The van der Waals surface area contributed by atoms with Gasteiger partial charge in [-0.05, 0) is 47.9 Å². The number of carbonyl (C=O) groups excluding carboxylic acids is 1. The summed E-state index contributed by atoms with van der Waals surface area (Å²) in [4.78, 5) is 12.5. The van der Waals surface area contributed by atoms with Crippen LogP contribution in [0.1, 0.15) is 48.0 Å². The number of amides is 1. The first-order valence-corrected chi connectivity index (χ1v) is 7.85. The molecule has 0 saturated heterocycles. The average molecular weight is 315 g/mol. The molecule has 1 atom stereocenters. The molecule has 4 nitrogen and oxygen atoms in total. The van der Waals surface area contributed by atoms with Crippen LogP contribution in [0.25, 0.3) is 0 Å². The Labute approximate surface area is 135 Å². The quantitative estimate of drug-likeness (QED) is 0.920. The second kappa shape index (κ2) is 5.18. The number of anilines is 1. The lowest BCUT2D eigenvalue weighted by atomic mass is 9.79. The Morgan fingerprint density at radius 3 is 2.74 bits per heavy atom. The van der Waals surface area contributed by atoms with Crippen LogP contribution in [-0.2, 0) is 18.9 Å². The molecule has 1 amide bonds. The predicted octanol–water partition coefficient (Wildman–Crippen LogP) is 3.59. The van der Waals surface area contributed by atoms with Gasteiger partial charge in [-0.1, -0.05) is 20.8 Å². The summed E-state index contributed by atoms with van der Waals surface area (Å²) in [6.07, 6.45) is 2.46. The van der Waals surface area contributed by atoms with Gasteiger partial charge in [-0.15, -0.1) is 0 Å². The van der Waals surface area contributed by atoms with E-state index in [9.17, 15) is 9.18 Å². The Balaban J connectivity index is 1.99. The number of hydrogen-bond acceptors (Lipinski definition) is 2. The molecule has 5 heteroatoms. The van der Waals surface area contributed by atoms with Crippen molar-refractivity contribution in [1.82, 2.24) is 9.78 Å². The van der Waals surface area contributed by atoms with Gasteiger partial charge in [0, 0.05) is 18.9 Å². The summed E-state index contributed by atoms with van der Waals surface area (Å²) < 4.78 is 16.0. The fourth-order valence-electron chi connectivity index (χ4n) is 3.46. The molecule has 1 aliphatic rings. The number of benzene rings is 1. The standard InChI is InChI=1S/C18H22FN3O/c1-10-8-12-15(7-6-14(19)16(12)18(10,3)4)20-17(23)13-9-22(5)21-11(13)2/h6-7,9-10H,8H2,1-5H3,(H,20,23). The fraction of sp³-hybridized carbons (Fsp3) is 0.444. The molecule has 3 rings (SSSR count). The summed E-state index contributed by atoms with van der Waals surface area (Å²) in [5.74, 6) is -0.0724. The zero-order valence-corrected chi connectivity index (χ0v) is 14.2. The first-order valence-electron chi connectivity index (χ1n) is 7.85. The smallest absolute Gasteiger partial charge is 0.259 e. The molecule has 1 aliphatic carbocycles. The number of rotatable bonds is 2. The summed E-state index contributed by atoms with van der Waals surface area (Å²) in [5, 5.41) is 7.13. The Morgan fingerprint density at radius 2 is 2.13 bits per heavy atom. The Kier molecular flexibility index (Phi) is 3.54. The van der Waals surface area contributed by atoms with Crippen LogP contribution in [0.2, 0.25) is 0 Å². The minimum absolute atomic E-state index is 0.190. The van der Waals surface area contributed by atoms with E-state index in [1.54, 1.807) is 30.9 Å². The second-order valence-electron chi connectivity index (χ2n) is 7.03. The lowest BCUT2D eigenvalue weighted by Crippen LogP contribution is -2.22. The number of hydrogen-bond donors (Lipinski definition) is 1. The van der Waals surface area contributed by atoms with E-state index >= 15 is 0 Å². The van der Waals surface area contributed by atoms with E-state index in [0.29, 0.717) is 22.9 Å². The third kappa shape index (κ3) is 2.44. The first kappa shape index (κ1) is 15.7. The maximum Gasteiger partial charge on any atom is 0.259 e. The van der Waals surface area contributed by atoms with Gasteiger partial charge in [0.05, 0.1) is 11.3 Å². The molecule has 1 unspecified atom stereocenters. The molecule has 1 heterocycles. The van der Waals surface area contributed by atoms with Crippen molar-refractivity contribution in [2.24, 2.45) is 13.0 Å². The van der Waals surface area contributed by atoms with Gasteiger partial charge in [0.2, 0.25) is 0 Å². The number of aryl methyl sites for hydroxylation is 2. The van der Waals surface area contributed by atoms with E-state index in [1.165, 1.54) is 6.07 Å². The van der Waals surface area contributed by atoms with Crippen LogP contribution in [-0.4, -0.2) is 15.7 Å². The molecule has 122 valence electrons. The van der Waals surface area contributed by atoms with Gasteiger partial charge in [-0.3, -0.25) is 9.48 Å². The van der Waals surface area contributed by atoms with Crippen molar-refractivity contribution in [3.8, 4) is 0 Å². The molecular formula is C18H22FN3O. The monoisotopic (exact) mass is 315 g/mol. The van der Waals surface area contributed by atoms with Gasteiger partial charge in [0.15, 0.2) is 0 Å². The fourth-order valence-corrected chi connectivity index (χ4v) is 3.46. The number of nitrogens with one attached hydrogen (secondary N) is 1. The third-order valence-electron chi connectivity index (χ3n) is 5.15. The van der Waals surface area contributed by atoms with Gasteiger partial charge in [-0.25, -0.2) is 4.39 Å². The summed E-state index contributed by atoms with van der Waals surface area (Å²) >= 11 is 0. The van der Waals surface area contributed by atoms with E-state index in [1.807, 2.05) is 0 Å². The van der Waals surface area contributed by atoms with Crippen LogP contribution < -0.4 is 5.32 Å². The van der Waals surface area contributed by atoms with Crippen molar-refractivity contribution in [3.63, 3.8) is 0 Å². The largest absolute Gasteiger partial charge is 0.322 e. The molecule has 0 bridgehead atoms. The van der Waals surface area contributed by atoms with E-state index < -0.39 is 0 Å². The maximum absolute atomic E-state index is 14.3. The highest BCUT2D eigenvalue weighted by Crippen LogP contribution is 2.46. The number of fused-ring (bicyclic) bond motifs is 1. The number of halogens is 1.